The first-order valence-electron chi connectivity index (χ1n) is 16.4. The Balaban J connectivity index is 1.46. The predicted octanol–water partition coefficient (Wildman–Crippen LogP) is 10.4. The molecule has 0 heterocycles. The molecule has 2 atom stereocenters. The zero-order valence-electron chi connectivity index (χ0n) is 26.5. The monoisotopic (exact) mass is 774 g/mol. The van der Waals surface area contributed by atoms with E-state index in [1.165, 1.54) is 44.5 Å². The summed E-state index contributed by atoms with van der Waals surface area (Å²) >= 11 is -4.34. The van der Waals surface area contributed by atoms with Crippen molar-refractivity contribution in [2.45, 2.75) is 16.7 Å². The summed E-state index contributed by atoms with van der Waals surface area (Å²) in [6, 6.07) is 59.2. The Morgan fingerprint density at radius 1 is 0.413 bits per heavy atom. The Morgan fingerprint density at radius 2 is 0.783 bits per heavy atom. The van der Waals surface area contributed by atoms with Crippen LogP contribution in [0.1, 0.15) is 29.6 Å². The third-order valence-corrected chi connectivity index (χ3v) is 59.9. The van der Waals surface area contributed by atoms with Crippen molar-refractivity contribution < 1.29 is 17.1 Å². The van der Waals surface area contributed by atoms with Crippen LogP contribution in [0.15, 0.2) is 170 Å². The van der Waals surface area contributed by atoms with Crippen LogP contribution in [0.5, 0.6) is 0 Å². The molecule has 0 aliphatic heterocycles. The van der Waals surface area contributed by atoms with Gasteiger partial charge in [-0.3, -0.25) is 0 Å². The Morgan fingerprint density at radius 3 is 1.17 bits per heavy atom. The first-order valence-corrected chi connectivity index (χ1v) is 34.7. The van der Waals surface area contributed by atoms with Gasteiger partial charge in [0, 0.05) is 0 Å². The Kier molecular flexibility index (Phi) is 7.39. The third kappa shape index (κ3) is 4.65. The van der Waals surface area contributed by atoms with E-state index in [-0.39, 0.29) is 0 Å². The van der Waals surface area contributed by atoms with Crippen LogP contribution in [0.25, 0.3) is 34.4 Å². The average molecular weight is 773 g/mol. The molecule has 0 aromatic heterocycles. The summed E-state index contributed by atoms with van der Waals surface area (Å²) in [6.45, 7) is 0. The van der Waals surface area contributed by atoms with Gasteiger partial charge in [0.2, 0.25) is 0 Å². The van der Waals surface area contributed by atoms with E-state index in [1.54, 1.807) is 10.4 Å². The van der Waals surface area contributed by atoms with Crippen molar-refractivity contribution in [3.63, 3.8) is 0 Å². The van der Waals surface area contributed by atoms with Crippen molar-refractivity contribution in [1.29, 1.82) is 0 Å². The Bertz CT molecular complexity index is 2030. The zero-order valence-corrected chi connectivity index (χ0v) is 31.1. The molecule has 0 amide bonds. The van der Waals surface area contributed by atoms with Gasteiger partial charge in [-0.05, 0) is 0 Å². The topological polar surface area (TPSA) is 0 Å². The average Bonchev–Trinajstić information content (AvgIpc) is 3.77. The molecule has 46 heavy (non-hydrogen) atoms. The number of hydrogen-bond acceptors (Lipinski definition) is 0. The van der Waals surface area contributed by atoms with Crippen LogP contribution in [0.4, 0.5) is 0 Å². The van der Waals surface area contributed by atoms with Crippen molar-refractivity contribution in [2.24, 2.45) is 0 Å². The molecule has 2 unspecified atom stereocenters. The molecule has 2 aliphatic carbocycles. The fourth-order valence-corrected chi connectivity index (χ4v) is 61.7. The quantitative estimate of drug-likeness (QED) is 0.148. The first kappa shape index (κ1) is 29.3. The van der Waals surface area contributed by atoms with E-state index in [0.29, 0.717) is 7.35 Å². The van der Waals surface area contributed by atoms with Crippen molar-refractivity contribution in [3.8, 4) is 22.3 Å². The molecule has 0 saturated heterocycles. The summed E-state index contributed by atoms with van der Waals surface area (Å²) in [6.07, 6.45) is 10.2. The number of allylic oxidation sites excluding steroid dienone is 2. The summed E-state index contributed by atoms with van der Waals surface area (Å²) in [4.78, 5) is 0. The van der Waals surface area contributed by atoms with E-state index in [1.807, 2.05) is 0 Å². The van der Waals surface area contributed by atoms with E-state index in [0.717, 1.165) is 0 Å². The SMILES string of the molecule is [CH3][Hf]([CH3])([CH]1C=Cc2c(-c3ccccc3)cccc21)([CH]1C=Cc2c(-c3ccccc3)cccc21)=[Si](c1ccccc1)c1ccccc1. The van der Waals surface area contributed by atoms with E-state index in [9.17, 15) is 0 Å². The minimum atomic E-state index is -4.34. The van der Waals surface area contributed by atoms with Crippen LogP contribution in [0, 0.1) is 0 Å². The molecule has 0 fully saturated rings. The predicted molar refractivity (Wildman–Crippen MR) is 197 cm³/mol. The van der Waals surface area contributed by atoms with E-state index in [2.05, 4.69) is 191 Å². The molecule has 0 bridgehead atoms. The van der Waals surface area contributed by atoms with Gasteiger partial charge in [0.15, 0.2) is 0 Å². The van der Waals surface area contributed by atoms with Crippen LogP contribution in [-0.4, -0.2) is 5.49 Å². The molecule has 0 N–H and O–H groups in total. The van der Waals surface area contributed by atoms with Gasteiger partial charge >= 0.3 is 276 Å². The summed E-state index contributed by atoms with van der Waals surface area (Å²) in [5.41, 5.74) is 9.93. The Hall–Kier alpha value is -4.11. The van der Waals surface area contributed by atoms with Gasteiger partial charge in [0.1, 0.15) is 0 Å². The second-order valence-electron chi connectivity index (χ2n) is 13.7. The Labute approximate surface area is 274 Å². The van der Waals surface area contributed by atoms with Gasteiger partial charge in [-0.2, -0.15) is 0 Å². The zero-order chi connectivity index (χ0) is 31.2. The van der Waals surface area contributed by atoms with Gasteiger partial charge < -0.3 is 0 Å². The van der Waals surface area contributed by atoms with Crippen LogP contribution in [0.3, 0.4) is 0 Å². The van der Waals surface area contributed by atoms with Crippen LogP contribution >= 0.6 is 0 Å². The van der Waals surface area contributed by atoms with Crippen molar-refractivity contribution in [2.75, 3.05) is 0 Å². The second kappa shape index (κ2) is 11.6. The molecular formula is C44H38HfSi. The number of benzene rings is 6. The van der Waals surface area contributed by atoms with Crippen molar-refractivity contribution in [1.82, 2.24) is 0 Å². The fraction of sp³-hybridized carbons (Fsp3) is 0.0909. The van der Waals surface area contributed by atoms with E-state index >= 15 is 0 Å². The molecule has 2 heteroatoms. The second-order valence-corrected chi connectivity index (χ2v) is 57.2. The molecule has 0 spiro atoms. The molecule has 6 aromatic carbocycles. The van der Waals surface area contributed by atoms with Gasteiger partial charge in [-0.15, -0.1) is 0 Å². The van der Waals surface area contributed by atoms with Gasteiger partial charge in [0.05, 0.1) is 0 Å². The third-order valence-electron chi connectivity index (χ3n) is 10.9. The molecule has 0 nitrogen and oxygen atoms in total. The van der Waals surface area contributed by atoms with Crippen LogP contribution in [-0.2, 0) is 17.1 Å². The molecular weight excluding hydrogens is 735 g/mol. The van der Waals surface area contributed by atoms with Crippen LogP contribution < -0.4 is 10.4 Å². The van der Waals surface area contributed by atoms with E-state index < -0.39 is 22.6 Å². The van der Waals surface area contributed by atoms with Gasteiger partial charge in [0.25, 0.3) is 0 Å². The minimum absolute atomic E-state index is 0.408. The number of rotatable bonds is 6. The number of hydrogen-bond donors (Lipinski definition) is 0. The maximum absolute atomic E-state index is 4.34. The summed E-state index contributed by atoms with van der Waals surface area (Å²) in [7, 11) is 0. The molecule has 2 aliphatic rings. The van der Waals surface area contributed by atoms with Gasteiger partial charge in [-0.1, -0.05) is 0 Å². The molecule has 222 valence electrons. The standard InChI is InChI=1S/2C15H11.C12H10Si.2CH3.Hf/c2*1-2-6-12(7-3-1)14-10-4-8-13-9-5-11-15(13)14;1-3-7-11(8-4-1)13-12-9-5-2-6-10-12;;;/h2*1-11H;1-10H;2*1H3;. The van der Waals surface area contributed by atoms with Crippen LogP contribution in [0.2, 0.25) is 9.36 Å². The normalized spacial score (nSPS) is 16.7. The molecule has 6 aromatic rings. The fourth-order valence-electron chi connectivity index (χ4n) is 8.75. The molecule has 8 rings (SSSR count). The maximum atomic E-state index is 2.84. The van der Waals surface area contributed by atoms with Crippen molar-refractivity contribution in [3.05, 3.63) is 192 Å². The van der Waals surface area contributed by atoms with Crippen molar-refractivity contribution >= 4 is 28.0 Å². The first-order chi connectivity index (χ1) is 22.5. The summed E-state index contributed by atoms with van der Waals surface area (Å²) in [5, 5.41) is 3.09. The molecule has 0 saturated carbocycles. The number of fused-ring (bicyclic) bond motifs is 2. The van der Waals surface area contributed by atoms with Gasteiger partial charge in [-0.25, -0.2) is 0 Å². The van der Waals surface area contributed by atoms with E-state index in [4.69, 9.17) is 0 Å². The summed E-state index contributed by atoms with van der Waals surface area (Å²) < 4.78 is 6.49. The summed E-state index contributed by atoms with van der Waals surface area (Å²) in [5.74, 6) is 0. The molecule has 0 radical (unpaired) electrons.